The molecule has 278 valence electrons. The molecule has 0 amide bonds. The van der Waals surface area contributed by atoms with Crippen molar-refractivity contribution in [2.45, 2.75) is 19.3 Å². The van der Waals surface area contributed by atoms with Crippen molar-refractivity contribution in [3.8, 4) is 78.8 Å². The van der Waals surface area contributed by atoms with Gasteiger partial charge in [-0.15, -0.1) is 0 Å². The predicted octanol–water partition coefficient (Wildman–Crippen LogP) is 13.9. The molecule has 4 nitrogen and oxygen atoms in total. The standard InChI is InChI=1S/C55H38N4/c1-55(2)48-28-15-14-26-43(48)46-32-47-45(33-50(37-20-8-4-9-21-37)56-51(47)34-49(46)55)40-29-39(35-17-6-3-7-18-35)30-41(31-40)53-57-52(38-22-10-5-11-23-38)58-54(59-53)44-27-16-24-36-19-12-13-25-42(36)44/h3-34H,1-2H3. The van der Waals surface area contributed by atoms with E-state index in [4.69, 9.17) is 19.9 Å². The molecule has 0 saturated carbocycles. The number of fused-ring (bicyclic) bond motifs is 5. The van der Waals surface area contributed by atoms with Crippen molar-refractivity contribution in [1.82, 2.24) is 19.9 Å². The van der Waals surface area contributed by atoms with Crippen molar-refractivity contribution in [3.05, 3.63) is 205 Å². The second-order valence-electron chi connectivity index (χ2n) is 15.9. The molecule has 1 aliphatic carbocycles. The molecule has 2 aromatic heterocycles. The fourth-order valence-electron chi connectivity index (χ4n) is 8.89. The van der Waals surface area contributed by atoms with Crippen LogP contribution in [0.5, 0.6) is 0 Å². The molecule has 59 heavy (non-hydrogen) atoms. The van der Waals surface area contributed by atoms with Gasteiger partial charge in [-0.1, -0.05) is 172 Å². The molecule has 2 heterocycles. The second kappa shape index (κ2) is 13.8. The number of benzene rings is 8. The first kappa shape index (κ1) is 34.7. The van der Waals surface area contributed by atoms with Gasteiger partial charge in [0.05, 0.1) is 11.2 Å². The zero-order valence-corrected chi connectivity index (χ0v) is 32.8. The Labute approximate surface area is 343 Å². The summed E-state index contributed by atoms with van der Waals surface area (Å²) in [4.78, 5) is 21.0. The lowest BCUT2D eigenvalue weighted by Gasteiger charge is -2.22. The average Bonchev–Trinajstić information content (AvgIpc) is 3.53. The fourth-order valence-corrected chi connectivity index (χ4v) is 8.89. The van der Waals surface area contributed by atoms with Gasteiger partial charge in [0.2, 0.25) is 0 Å². The predicted molar refractivity (Wildman–Crippen MR) is 243 cm³/mol. The van der Waals surface area contributed by atoms with Crippen LogP contribution < -0.4 is 0 Å². The van der Waals surface area contributed by atoms with E-state index in [-0.39, 0.29) is 5.41 Å². The minimum absolute atomic E-state index is 0.151. The number of rotatable bonds is 6. The zero-order chi connectivity index (χ0) is 39.5. The Bertz CT molecular complexity index is 3220. The molecule has 0 atom stereocenters. The lowest BCUT2D eigenvalue weighted by molar-refractivity contribution is 0.661. The number of aromatic nitrogens is 4. The number of nitrogens with zero attached hydrogens (tertiary/aromatic N) is 4. The number of pyridine rings is 1. The van der Waals surface area contributed by atoms with Crippen LogP contribution in [-0.4, -0.2) is 19.9 Å². The Morgan fingerprint density at radius 3 is 1.68 bits per heavy atom. The van der Waals surface area contributed by atoms with Gasteiger partial charge in [0.25, 0.3) is 0 Å². The van der Waals surface area contributed by atoms with Crippen LogP contribution in [0, 0.1) is 0 Å². The van der Waals surface area contributed by atoms with Crippen LogP contribution in [0.3, 0.4) is 0 Å². The van der Waals surface area contributed by atoms with E-state index in [9.17, 15) is 0 Å². The van der Waals surface area contributed by atoms with Crippen molar-refractivity contribution in [2.24, 2.45) is 0 Å². The molecule has 10 aromatic rings. The maximum Gasteiger partial charge on any atom is 0.164 e. The summed E-state index contributed by atoms with van der Waals surface area (Å²) >= 11 is 0. The third kappa shape index (κ3) is 6.00. The maximum absolute atomic E-state index is 5.38. The first-order valence-corrected chi connectivity index (χ1v) is 20.1. The Morgan fingerprint density at radius 2 is 0.898 bits per heavy atom. The third-order valence-corrected chi connectivity index (χ3v) is 11.9. The third-order valence-electron chi connectivity index (χ3n) is 11.9. The molecular formula is C55H38N4. The van der Waals surface area contributed by atoms with Gasteiger partial charge in [0, 0.05) is 33.1 Å². The van der Waals surface area contributed by atoms with Gasteiger partial charge in [-0.3, -0.25) is 0 Å². The van der Waals surface area contributed by atoms with Crippen LogP contribution in [0.15, 0.2) is 194 Å². The molecule has 1 aliphatic rings. The summed E-state index contributed by atoms with van der Waals surface area (Å²) in [5.74, 6) is 1.87. The Kier molecular flexibility index (Phi) is 8.12. The monoisotopic (exact) mass is 754 g/mol. The summed E-state index contributed by atoms with van der Waals surface area (Å²) in [5.41, 5.74) is 15.2. The minimum Gasteiger partial charge on any atom is -0.248 e. The van der Waals surface area contributed by atoms with Gasteiger partial charge >= 0.3 is 0 Å². The van der Waals surface area contributed by atoms with Crippen molar-refractivity contribution in [1.29, 1.82) is 0 Å². The molecule has 0 spiro atoms. The van der Waals surface area contributed by atoms with Crippen LogP contribution >= 0.6 is 0 Å². The van der Waals surface area contributed by atoms with Crippen molar-refractivity contribution in [2.75, 3.05) is 0 Å². The maximum atomic E-state index is 5.38. The van der Waals surface area contributed by atoms with E-state index in [0.29, 0.717) is 17.5 Å². The van der Waals surface area contributed by atoms with Crippen LogP contribution in [0.2, 0.25) is 0 Å². The lowest BCUT2D eigenvalue weighted by atomic mass is 9.82. The molecule has 4 heteroatoms. The molecule has 8 aromatic carbocycles. The first-order valence-electron chi connectivity index (χ1n) is 20.1. The highest BCUT2D eigenvalue weighted by molar-refractivity contribution is 6.03. The molecule has 0 N–H and O–H groups in total. The van der Waals surface area contributed by atoms with E-state index in [1.165, 1.54) is 22.3 Å². The van der Waals surface area contributed by atoms with E-state index < -0.39 is 0 Å². The van der Waals surface area contributed by atoms with Crippen molar-refractivity contribution in [3.63, 3.8) is 0 Å². The van der Waals surface area contributed by atoms with E-state index in [0.717, 1.165) is 71.9 Å². The quantitative estimate of drug-likeness (QED) is 0.170. The van der Waals surface area contributed by atoms with E-state index in [1.807, 2.05) is 18.2 Å². The van der Waals surface area contributed by atoms with Gasteiger partial charge in [0.15, 0.2) is 17.5 Å². The molecule has 0 bridgehead atoms. The van der Waals surface area contributed by atoms with Gasteiger partial charge in [-0.05, 0) is 91.7 Å². The Balaban J connectivity index is 1.20. The highest BCUT2D eigenvalue weighted by Gasteiger charge is 2.36. The van der Waals surface area contributed by atoms with E-state index in [1.54, 1.807) is 0 Å². The topological polar surface area (TPSA) is 51.6 Å². The summed E-state index contributed by atoms with van der Waals surface area (Å²) in [5, 5.41) is 3.33. The fraction of sp³-hybridized carbons (Fsp3) is 0.0545. The Morgan fingerprint density at radius 1 is 0.322 bits per heavy atom. The summed E-state index contributed by atoms with van der Waals surface area (Å²) in [6.07, 6.45) is 0. The normalized spacial score (nSPS) is 12.7. The molecular weight excluding hydrogens is 717 g/mol. The van der Waals surface area contributed by atoms with Crippen molar-refractivity contribution < 1.29 is 0 Å². The summed E-state index contributed by atoms with van der Waals surface area (Å²) in [7, 11) is 0. The minimum atomic E-state index is -0.151. The van der Waals surface area contributed by atoms with Gasteiger partial charge in [-0.2, -0.15) is 0 Å². The van der Waals surface area contributed by atoms with Crippen LogP contribution in [0.1, 0.15) is 25.0 Å². The molecule has 0 radical (unpaired) electrons. The largest absolute Gasteiger partial charge is 0.248 e. The van der Waals surface area contributed by atoms with Crippen LogP contribution in [0.25, 0.3) is 100 Å². The SMILES string of the molecule is CC1(C)c2ccccc2-c2cc3c(-c4cc(-c5ccccc5)cc(-c5nc(-c6ccccc6)nc(-c6cccc7ccccc67)n5)c4)cc(-c4ccccc4)nc3cc21. The average molecular weight is 755 g/mol. The summed E-state index contributed by atoms with van der Waals surface area (Å²) < 4.78 is 0. The Hall–Kier alpha value is -7.56. The van der Waals surface area contributed by atoms with Gasteiger partial charge < -0.3 is 0 Å². The first-order chi connectivity index (χ1) is 29.0. The van der Waals surface area contributed by atoms with E-state index in [2.05, 4.69) is 190 Å². The van der Waals surface area contributed by atoms with Gasteiger partial charge in [0.1, 0.15) is 0 Å². The van der Waals surface area contributed by atoms with Crippen molar-refractivity contribution >= 4 is 21.7 Å². The molecule has 0 unspecified atom stereocenters. The summed E-state index contributed by atoms with van der Waals surface area (Å²) in [6, 6.07) is 68.5. The van der Waals surface area contributed by atoms with Crippen LogP contribution in [0.4, 0.5) is 0 Å². The lowest BCUT2D eigenvalue weighted by Crippen LogP contribution is -2.14. The van der Waals surface area contributed by atoms with Crippen LogP contribution in [-0.2, 0) is 5.41 Å². The number of hydrogen-bond donors (Lipinski definition) is 0. The van der Waals surface area contributed by atoms with E-state index >= 15 is 0 Å². The summed E-state index contributed by atoms with van der Waals surface area (Å²) in [6.45, 7) is 4.65. The second-order valence-corrected chi connectivity index (χ2v) is 15.9. The zero-order valence-electron chi connectivity index (χ0n) is 32.8. The molecule has 0 aliphatic heterocycles. The van der Waals surface area contributed by atoms with Gasteiger partial charge in [-0.25, -0.2) is 19.9 Å². The highest BCUT2D eigenvalue weighted by Crippen LogP contribution is 2.51. The number of hydrogen-bond acceptors (Lipinski definition) is 4. The highest BCUT2D eigenvalue weighted by atomic mass is 15.0. The molecule has 0 fully saturated rings. The smallest absolute Gasteiger partial charge is 0.164 e. The molecule has 11 rings (SSSR count). The molecule has 0 saturated heterocycles.